The Kier molecular flexibility index (Phi) is 3.64. The maximum atomic E-state index is 11.9. The maximum Gasteiger partial charge on any atom is 0.251 e. The Morgan fingerprint density at radius 3 is 2.88 bits per heavy atom. The number of aromatic amines is 1. The van der Waals surface area contributed by atoms with Crippen LogP contribution in [0, 0.1) is 6.92 Å². The minimum atomic E-state index is -0.0596. The molecule has 3 nitrogen and oxygen atoms in total. The quantitative estimate of drug-likeness (QED) is 0.897. The summed E-state index contributed by atoms with van der Waals surface area (Å²) >= 11 is 3.39. The van der Waals surface area contributed by atoms with E-state index in [-0.39, 0.29) is 5.91 Å². The number of carbonyl (C=O) groups is 1. The first kappa shape index (κ1) is 11.9. The second-order valence-corrected chi connectivity index (χ2v) is 4.83. The smallest absolute Gasteiger partial charge is 0.251 e. The van der Waals surface area contributed by atoms with Gasteiger partial charge in [-0.25, -0.2) is 0 Å². The SMILES string of the molecule is Cc1cc(Br)cc(C(=O)NCc2cc[nH]c2)c1. The van der Waals surface area contributed by atoms with Crippen molar-refractivity contribution in [3.8, 4) is 0 Å². The highest BCUT2D eigenvalue weighted by molar-refractivity contribution is 9.10. The van der Waals surface area contributed by atoms with Crippen LogP contribution in [0.5, 0.6) is 0 Å². The second kappa shape index (κ2) is 5.19. The largest absolute Gasteiger partial charge is 0.367 e. The van der Waals surface area contributed by atoms with Gasteiger partial charge in [0.15, 0.2) is 0 Å². The highest BCUT2D eigenvalue weighted by atomic mass is 79.9. The van der Waals surface area contributed by atoms with Crippen molar-refractivity contribution in [1.82, 2.24) is 10.3 Å². The van der Waals surface area contributed by atoms with Crippen LogP contribution in [0.1, 0.15) is 21.5 Å². The fourth-order valence-corrected chi connectivity index (χ4v) is 2.23. The third-order valence-electron chi connectivity index (χ3n) is 2.42. The molecule has 1 amide bonds. The molecule has 2 rings (SSSR count). The topological polar surface area (TPSA) is 44.9 Å². The molecule has 2 N–H and O–H groups in total. The van der Waals surface area contributed by atoms with Crippen LogP contribution in [0.15, 0.2) is 41.1 Å². The van der Waals surface area contributed by atoms with Crippen LogP contribution in [-0.4, -0.2) is 10.9 Å². The van der Waals surface area contributed by atoms with E-state index in [2.05, 4.69) is 26.2 Å². The van der Waals surface area contributed by atoms with Gasteiger partial charge in [0.05, 0.1) is 0 Å². The summed E-state index contributed by atoms with van der Waals surface area (Å²) in [6.07, 6.45) is 3.71. The average molecular weight is 293 g/mol. The lowest BCUT2D eigenvalue weighted by molar-refractivity contribution is 0.0951. The van der Waals surface area contributed by atoms with Gasteiger partial charge in [0.2, 0.25) is 0 Å². The van der Waals surface area contributed by atoms with Gasteiger partial charge < -0.3 is 10.3 Å². The first-order valence-electron chi connectivity index (χ1n) is 5.32. The van der Waals surface area contributed by atoms with Gasteiger partial charge >= 0.3 is 0 Å². The predicted octanol–water partition coefficient (Wildman–Crippen LogP) is 3.02. The molecular formula is C13H13BrN2O. The van der Waals surface area contributed by atoms with E-state index < -0.39 is 0 Å². The molecule has 1 aromatic carbocycles. The Balaban J connectivity index is 2.04. The van der Waals surface area contributed by atoms with Gasteiger partial charge in [-0.05, 0) is 42.3 Å². The predicted molar refractivity (Wildman–Crippen MR) is 70.8 cm³/mol. The van der Waals surface area contributed by atoms with Crippen LogP contribution in [0.3, 0.4) is 0 Å². The number of nitrogens with one attached hydrogen (secondary N) is 2. The molecular weight excluding hydrogens is 280 g/mol. The molecule has 0 spiro atoms. The third kappa shape index (κ3) is 3.20. The Morgan fingerprint density at radius 2 is 2.24 bits per heavy atom. The minimum absolute atomic E-state index is 0.0596. The molecule has 4 heteroatoms. The summed E-state index contributed by atoms with van der Waals surface area (Å²) < 4.78 is 0.921. The van der Waals surface area contributed by atoms with Gasteiger partial charge in [0.25, 0.3) is 5.91 Å². The number of halogens is 1. The second-order valence-electron chi connectivity index (χ2n) is 3.92. The Bertz CT molecular complexity index is 500. The maximum absolute atomic E-state index is 11.9. The number of H-pyrrole nitrogens is 1. The molecule has 1 aromatic heterocycles. The van der Waals surface area contributed by atoms with E-state index in [1.54, 1.807) is 0 Å². The van der Waals surface area contributed by atoms with Gasteiger partial charge in [0.1, 0.15) is 0 Å². The fraction of sp³-hybridized carbons (Fsp3) is 0.154. The van der Waals surface area contributed by atoms with Crippen LogP contribution in [0.2, 0.25) is 0 Å². The van der Waals surface area contributed by atoms with E-state index in [9.17, 15) is 4.79 Å². The van der Waals surface area contributed by atoms with Crippen molar-refractivity contribution in [3.63, 3.8) is 0 Å². The molecule has 0 bridgehead atoms. The molecule has 0 fully saturated rings. The Hall–Kier alpha value is -1.55. The van der Waals surface area contributed by atoms with Gasteiger partial charge in [-0.2, -0.15) is 0 Å². The van der Waals surface area contributed by atoms with Crippen LogP contribution in [0.25, 0.3) is 0 Å². The zero-order chi connectivity index (χ0) is 12.3. The van der Waals surface area contributed by atoms with E-state index in [0.717, 1.165) is 15.6 Å². The number of carbonyl (C=O) groups excluding carboxylic acids is 1. The number of aromatic nitrogens is 1. The number of aryl methyl sites for hydroxylation is 1. The molecule has 0 aliphatic heterocycles. The molecule has 0 unspecified atom stereocenters. The van der Waals surface area contributed by atoms with Crippen LogP contribution in [-0.2, 0) is 6.54 Å². The summed E-state index contributed by atoms with van der Waals surface area (Å²) in [7, 11) is 0. The lowest BCUT2D eigenvalue weighted by Gasteiger charge is -2.05. The van der Waals surface area contributed by atoms with Gasteiger partial charge in [-0.15, -0.1) is 0 Å². The molecule has 0 saturated heterocycles. The molecule has 0 aliphatic carbocycles. The van der Waals surface area contributed by atoms with Crippen LogP contribution < -0.4 is 5.32 Å². The molecule has 1 heterocycles. The number of hydrogen-bond donors (Lipinski definition) is 2. The van der Waals surface area contributed by atoms with Crippen molar-refractivity contribution in [1.29, 1.82) is 0 Å². The highest BCUT2D eigenvalue weighted by Gasteiger charge is 2.06. The van der Waals surface area contributed by atoms with E-state index >= 15 is 0 Å². The number of amides is 1. The first-order valence-corrected chi connectivity index (χ1v) is 6.11. The van der Waals surface area contributed by atoms with E-state index in [1.165, 1.54) is 0 Å². The van der Waals surface area contributed by atoms with Crippen molar-refractivity contribution in [2.24, 2.45) is 0 Å². The lowest BCUT2D eigenvalue weighted by atomic mass is 10.1. The van der Waals surface area contributed by atoms with Gasteiger partial charge in [-0.3, -0.25) is 4.79 Å². The van der Waals surface area contributed by atoms with Crippen molar-refractivity contribution in [2.75, 3.05) is 0 Å². The van der Waals surface area contributed by atoms with E-state index in [4.69, 9.17) is 0 Å². The summed E-state index contributed by atoms with van der Waals surface area (Å²) in [6.45, 7) is 2.50. The molecule has 0 aliphatic rings. The van der Waals surface area contributed by atoms with Crippen molar-refractivity contribution in [2.45, 2.75) is 13.5 Å². The van der Waals surface area contributed by atoms with Crippen molar-refractivity contribution < 1.29 is 4.79 Å². The number of hydrogen-bond acceptors (Lipinski definition) is 1. The Labute approximate surface area is 108 Å². The van der Waals surface area contributed by atoms with Crippen molar-refractivity contribution >= 4 is 21.8 Å². The summed E-state index contributed by atoms with van der Waals surface area (Å²) in [4.78, 5) is 14.9. The zero-order valence-electron chi connectivity index (χ0n) is 9.46. The number of rotatable bonds is 3. The van der Waals surface area contributed by atoms with Crippen molar-refractivity contribution in [3.05, 3.63) is 57.8 Å². The fourth-order valence-electron chi connectivity index (χ4n) is 1.62. The highest BCUT2D eigenvalue weighted by Crippen LogP contribution is 2.15. The molecule has 17 heavy (non-hydrogen) atoms. The van der Waals surface area contributed by atoms with Crippen LogP contribution in [0.4, 0.5) is 0 Å². The standard InChI is InChI=1S/C13H13BrN2O/c1-9-4-11(6-12(14)5-9)13(17)16-8-10-2-3-15-7-10/h2-7,15H,8H2,1H3,(H,16,17). The average Bonchev–Trinajstić information content (AvgIpc) is 2.77. The minimum Gasteiger partial charge on any atom is -0.367 e. The van der Waals surface area contributed by atoms with E-state index in [1.807, 2.05) is 43.6 Å². The molecule has 88 valence electrons. The van der Waals surface area contributed by atoms with Crippen LogP contribution >= 0.6 is 15.9 Å². The third-order valence-corrected chi connectivity index (χ3v) is 2.88. The summed E-state index contributed by atoms with van der Waals surface area (Å²) in [5.74, 6) is -0.0596. The molecule has 0 saturated carbocycles. The van der Waals surface area contributed by atoms with Gasteiger partial charge in [0, 0.05) is 29.0 Å². The van der Waals surface area contributed by atoms with E-state index in [0.29, 0.717) is 12.1 Å². The molecule has 0 atom stereocenters. The monoisotopic (exact) mass is 292 g/mol. The summed E-state index contributed by atoms with van der Waals surface area (Å²) in [6, 6.07) is 7.60. The molecule has 2 aromatic rings. The molecule has 0 radical (unpaired) electrons. The van der Waals surface area contributed by atoms with Gasteiger partial charge in [-0.1, -0.05) is 15.9 Å². The number of benzene rings is 1. The zero-order valence-corrected chi connectivity index (χ0v) is 11.0. The lowest BCUT2D eigenvalue weighted by Crippen LogP contribution is -2.22. The summed E-state index contributed by atoms with van der Waals surface area (Å²) in [5, 5.41) is 2.88. The summed E-state index contributed by atoms with van der Waals surface area (Å²) in [5.41, 5.74) is 2.80. The Morgan fingerprint density at radius 1 is 1.41 bits per heavy atom. The first-order chi connectivity index (χ1) is 8.15. The normalized spacial score (nSPS) is 10.2.